The number of hydrogen-bond donors (Lipinski definition) is 1. The molecule has 2 unspecified atom stereocenters. The summed E-state index contributed by atoms with van der Waals surface area (Å²) in [4.78, 5) is 1.92. The molecule has 0 bridgehead atoms. The van der Waals surface area contributed by atoms with E-state index in [4.69, 9.17) is 9.84 Å². The number of aliphatic hydroxyl groups is 1. The molecule has 1 aliphatic rings. The molecule has 16 heavy (non-hydrogen) atoms. The van der Waals surface area contributed by atoms with Crippen LogP contribution in [0.4, 0.5) is 13.2 Å². The lowest BCUT2D eigenvalue weighted by atomic mass is 10.2. The van der Waals surface area contributed by atoms with Crippen LogP contribution in [-0.2, 0) is 4.74 Å². The molecule has 0 aliphatic carbocycles. The lowest BCUT2D eigenvalue weighted by Gasteiger charge is -2.37. The molecule has 1 aliphatic heterocycles. The van der Waals surface area contributed by atoms with Crippen molar-refractivity contribution in [2.75, 3.05) is 32.1 Å². The van der Waals surface area contributed by atoms with Crippen molar-refractivity contribution in [1.82, 2.24) is 4.90 Å². The summed E-state index contributed by atoms with van der Waals surface area (Å²) < 4.78 is 41.1. The Morgan fingerprint density at radius 1 is 1.50 bits per heavy atom. The fraction of sp³-hybridized carbons (Fsp3) is 1.00. The fourth-order valence-electron chi connectivity index (χ4n) is 1.58. The number of aliphatic hydroxyl groups excluding tert-OH is 1. The highest BCUT2D eigenvalue weighted by Crippen LogP contribution is 2.30. The van der Waals surface area contributed by atoms with Crippen LogP contribution in [0.5, 0.6) is 0 Å². The molecule has 0 amide bonds. The van der Waals surface area contributed by atoms with Crippen LogP contribution in [0, 0.1) is 0 Å². The minimum atomic E-state index is -4.16. The SMILES string of the molecule is CC1COC(CO)CN1CCSC(F)(F)F. The topological polar surface area (TPSA) is 32.7 Å². The molecule has 1 N–H and O–H groups in total. The molecule has 96 valence electrons. The molecule has 0 saturated carbocycles. The summed E-state index contributed by atoms with van der Waals surface area (Å²) in [5.74, 6) is 0.0198. The first-order chi connectivity index (χ1) is 7.42. The first-order valence-corrected chi connectivity index (χ1v) is 6.08. The van der Waals surface area contributed by atoms with E-state index in [0.29, 0.717) is 19.7 Å². The molecule has 1 saturated heterocycles. The maximum atomic E-state index is 11.9. The third-order valence-corrected chi connectivity index (χ3v) is 3.20. The van der Waals surface area contributed by atoms with E-state index >= 15 is 0 Å². The van der Waals surface area contributed by atoms with Gasteiger partial charge in [-0.25, -0.2) is 0 Å². The molecular formula is C9H16F3NO2S. The average molecular weight is 259 g/mol. The van der Waals surface area contributed by atoms with Crippen molar-refractivity contribution in [3.05, 3.63) is 0 Å². The first kappa shape index (κ1) is 14.1. The summed E-state index contributed by atoms with van der Waals surface area (Å²) in [6.45, 7) is 3.14. The Bertz CT molecular complexity index is 215. The van der Waals surface area contributed by atoms with E-state index in [0.717, 1.165) is 0 Å². The van der Waals surface area contributed by atoms with Gasteiger partial charge in [0.25, 0.3) is 0 Å². The van der Waals surface area contributed by atoms with Gasteiger partial charge in [-0.15, -0.1) is 0 Å². The quantitative estimate of drug-likeness (QED) is 0.825. The number of halogens is 3. The van der Waals surface area contributed by atoms with Crippen LogP contribution in [0.25, 0.3) is 0 Å². The first-order valence-electron chi connectivity index (χ1n) is 5.09. The van der Waals surface area contributed by atoms with E-state index in [1.165, 1.54) is 0 Å². The Labute approximate surface area is 96.9 Å². The highest BCUT2D eigenvalue weighted by atomic mass is 32.2. The van der Waals surface area contributed by atoms with Crippen molar-refractivity contribution in [3.63, 3.8) is 0 Å². The van der Waals surface area contributed by atoms with Gasteiger partial charge in [-0.3, -0.25) is 4.90 Å². The number of hydrogen-bond acceptors (Lipinski definition) is 4. The lowest BCUT2D eigenvalue weighted by Crippen LogP contribution is -2.50. The number of ether oxygens (including phenoxy) is 1. The van der Waals surface area contributed by atoms with Gasteiger partial charge in [0.05, 0.1) is 19.3 Å². The summed E-state index contributed by atoms with van der Waals surface area (Å²) in [5, 5.41) is 8.91. The Morgan fingerprint density at radius 2 is 2.19 bits per heavy atom. The van der Waals surface area contributed by atoms with E-state index in [2.05, 4.69) is 0 Å². The summed E-state index contributed by atoms with van der Waals surface area (Å²) in [7, 11) is 0. The van der Waals surface area contributed by atoms with Gasteiger partial charge < -0.3 is 9.84 Å². The van der Waals surface area contributed by atoms with E-state index in [9.17, 15) is 13.2 Å². The Kier molecular flexibility index (Phi) is 5.36. The highest BCUT2D eigenvalue weighted by molar-refractivity contribution is 8.00. The highest BCUT2D eigenvalue weighted by Gasteiger charge is 2.30. The zero-order chi connectivity index (χ0) is 12.2. The van der Waals surface area contributed by atoms with Crippen molar-refractivity contribution < 1.29 is 23.0 Å². The van der Waals surface area contributed by atoms with Gasteiger partial charge in [0.2, 0.25) is 0 Å². The smallest absolute Gasteiger partial charge is 0.394 e. The van der Waals surface area contributed by atoms with Crippen LogP contribution >= 0.6 is 11.8 Å². The van der Waals surface area contributed by atoms with Crippen molar-refractivity contribution in [2.45, 2.75) is 24.6 Å². The molecule has 1 fully saturated rings. The summed E-state index contributed by atoms with van der Waals surface area (Å²) >= 11 is -0.00690. The third kappa shape index (κ3) is 4.90. The Balaban J connectivity index is 2.28. The van der Waals surface area contributed by atoms with Crippen LogP contribution < -0.4 is 0 Å². The number of rotatable bonds is 4. The predicted octanol–water partition coefficient (Wildman–Crippen LogP) is 1.32. The summed E-state index contributed by atoms with van der Waals surface area (Å²) in [6.07, 6.45) is -0.271. The van der Waals surface area contributed by atoms with Crippen LogP contribution in [0.1, 0.15) is 6.92 Å². The van der Waals surface area contributed by atoms with Crippen LogP contribution in [0.15, 0.2) is 0 Å². The molecular weight excluding hydrogens is 243 g/mol. The minimum Gasteiger partial charge on any atom is -0.394 e. The molecule has 2 atom stereocenters. The van der Waals surface area contributed by atoms with Crippen LogP contribution in [-0.4, -0.2) is 59.7 Å². The zero-order valence-corrected chi connectivity index (χ0v) is 9.85. The summed E-state index contributed by atoms with van der Waals surface area (Å²) in [5.41, 5.74) is -4.16. The fourth-order valence-corrected chi connectivity index (χ4v) is 2.13. The second-order valence-corrected chi connectivity index (χ2v) is 4.94. The molecule has 1 heterocycles. The van der Waals surface area contributed by atoms with Gasteiger partial charge in [-0.1, -0.05) is 0 Å². The minimum absolute atomic E-state index is 0.00690. The van der Waals surface area contributed by atoms with E-state index in [-0.39, 0.29) is 36.3 Å². The largest absolute Gasteiger partial charge is 0.441 e. The van der Waals surface area contributed by atoms with Gasteiger partial charge in [0.1, 0.15) is 0 Å². The summed E-state index contributed by atoms with van der Waals surface area (Å²) in [6, 6.07) is 0.108. The zero-order valence-electron chi connectivity index (χ0n) is 9.04. The van der Waals surface area contributed by atoms with Crippen molar-refractivity contribution in [1.29, 1.82) is 0 Å². The third-order valence-electron chi connectivity index (χ3n) is 2.48. The van der Waals surface area contributed by atoms with Gasteiger partial charge in [-0.2, -0.15) is 13.2 Å². The number of nitrogens with zero attached hydrogens (tertiary/aromatic N) is 1. The van der Waals surface area contributed by atoms with Crippen LogP contribution in [0.3, 0.4) is 0 Å². The monoisotopic (exact) mass is 259 g/mol. The average Bonchev–Trinajstić information content (AvgIpc) is 2.19. The second kappa shape index (κ2) is 6.09. The van der Waals surface area contributed by atoms with Crippen molar-refractivity contribution in [2.24, 2.45) is 0 Å². The number of morpholine rings is 1. The maximum Gasteiger partial charge on any atom is 0.441 e. The van der Waals surface area contributed by atoms with Gasteiger partial charge in [0, 0.05) is 24.9 Å². The normalized spacial score (nSPS) is 28.3. The van der Waals surface area contributed by atoms with Gasteiger partial charge >= 0.3 is 5.51 Å². The van der Waals surface area contributed by atoms with Gasteiger partial charge in [-0.05, 0) is 18.7 Å². The predicted molar refractivity (Wildman–Crippen MR) is 56.4 cm³/mol. The Hall–Kier alpha value is 0.0200. The second-order valence-electron chi connectivity index (χ2n) is 3.78. The molecule has 1 rings (SSSR count). The molecule has 3 nitrogen and oxygen atoms in total. The van der Waals surface area contributed by atoms with E-state index in [1.54, 1.807) is 0 Å². The number of alkyl halides is 3. The van der Waals surface area contributed by atoms with Crippen molar-refractivity contribution in [3.8, 4) is 0 Å². The maximum absolute atomic E-state index is 11.9. The molecule has 0 aromatic heterocycles. The molecule has 7 heteroatoms. The molecule has 0 spiro atoms. The van der Waals surface area contributed by atoms with Crippen LogP contribution in [0.2, 0.25) is 0 Å². The standard InChI is InChI=1S/C9H16F3NO2S/c1-7-6-15-8(5-14)4-13(7)2-3-16-9(10,11)12/h7-8,14H,2-6H2,1H3. The van der Waals surface area contributed by atoms with E-state index in [1.807, 2.05) is 11.8 Å². The molecule has 0 aromatic carbocycles. The Morgan fingerprint density at radius 3 is 2.75 bits per heavy atom. The van der Waals surface area contributed by atoms with Crippen molar-refractivity contribution >= 4 is 11.8 Å². The van der Waals surface area contributed by atoms with Gasteiger partial charge in [0.15, 0.2) is 0 Å². The molecule has 0 aromatic rings. The molecule has 0 radical (unpaired) electrons. The lowest BCUT2D eigenvalue weighted by molar-refractivity contribution is -0.0760. The number of thioether (sulfide) groups is 1. The van der Waals surface area contributed by atoms with E-state index < -0.39 is 5.51 Å².